The minimum absolute atomic E-state index is 0.0579. The van der Waals surface area contributed by atoms with Crippen LogP contribution in [0.15, 0.2) is 18.2 Å². The Balaban J connectivity index is 2.99. The lowest BCUT2D eigenvalue weighted by molar-refractivity contribution is 0.0985. The maximum Gasteiger partial charge on any atom is 0.164 e. The van der Waals surface area contributed by atoms with E-state index in [1.54, 1.807) is 12.1 Å². The van der Waals surface area contributed by atoms with Crippen LogP contribution in [0.2, 0.25) is 5.02 Å². The van der Waals surface area contributed by atoms with Gasteiger partial charge in [0.25, 0.3) is 0 Å². The van der Waals surface area contributed by atoms with Crippen LogP contribution in [0.4, 0.5) is 0 Å². The minimum atomic E-state index is 0.0579. The number of ketones is 1. The Morgan fingerprint density at radius 2 is 2.23 bits per heavy atom. The first-order valence-corrected chi connectivity index (χ1v) is 4.52. The van der Waals surface area contributed by atoms with Crippen molar-refractivity contribution in [1.82, 2.24) is 0 Å². The Morgan fingerprint density at radius 1 is 1.54 bits per heavy atom. The van der Waals surface area contributed by atoms with Crippen LogP contribution in [0.1, 0.15) is 22.3 Å². The van der Waals surface area contributed by atoms with E-state index in [1.165, 1.54) is 0 Å². The van der Waals surface area contributed by atoms with Gasteiger partial charge in [-0.15, -0.1) is 0 Å². The number of hydrogen-bond donors (Lipinski definition) is 1. The van der Waals surface area contributed by atoms with Crippen LogP contribution >= 0.6 is 11.6 Å². The van der Waals surface area contributed by atoms with E-state index >= 15 is 0 Å². The lowest BCUT2D eigenvalue weighted by Gasteiger charge is -2.03. The van der Waals surface area contributed by atoms with Crippen LogP contribution in [-0.4, -0.2) is 12.3 Å². The van der Waals surface area contributed by atoms with E-state index in [-0.39, 0.29) is 5.78 Å². The fourth-order valence-corrected chi connectivity index (χ4v) is 1.33. The molecule has 3 heteroatoms. The molecule has 13 heavy (non-hydrogen) atoms. The van der Waals surface area contributed by atoms with Gasteiger partial charge in [-0.3, -0.25) is 4.79 Å². The molecule has 2 N–H and O–H groups in total. The molecule has 0 unspecified atom stereocenters. The summed E-state index contributed by atoms with van der Waals surface area (Å²) in [6.07, 6.45) is 0.376. The van der Waals surface area contributed by atoms with Gasteiger partial charge in [0.05, 0.1) is 0 Å². The van der Waals surface area contributed by atoms with Crippen molar-refractivity contribution in [3.05, 3.63) is 34.3 Å². The van der Waals surface area contributed by atoms with Crippen LogP contribution in [0.3, 0.4) is 0 Å². The number of carbonyl (C=O) groups excluding carboxylic acids is 1. The first-order chi connectivity index (χ1) is 6.15. The molecule has 0 saturated carbocycles. The van der Waals surface area contributed by atoms with Crippen LogP contribution in [0, 0.1) is 6.92 Å². The smallest absolute Gasteiger partial charge is 0.164 e. The minimum Gasteiger partial charge on any atom is -0.330 e. The van der Waals surface area contributed by atoms with E-state index in [2.05, 4.69) is 0 Å². The number of nitrogens with two attached hydrogens (primary N) is 1. The standard InChI is InChI=1S/C10H12ClNO/c1-7-2-3-8(11)6-9(7)10(13)4-5-12/h2-3,6H,4-5,12H2,1H3. The molecule has 0 aliphatic heterocycles. The molecule has 70 valence electrons. The first-order valence-electron chi connectivity index (χ1n) is 4.14. The van der Waals surface area contributed by atoms with Gasteiger partial charge in [0.15, 0.2) is 5.78 Å². The molecular formula is C10H12ClNO. The van der Waals surface area contributed by atoms with Crippen molar-refractivity contribution in [2.24, 2.45) is 5.73 Å². The zero-order valence-corrected chi connectivity index (χ0v) is 8.27. The van der Waals surface area contributed by atoms with Crippen molar-refractivity contribution in [2.75, 3.05) is 6.54 Å². The van der Waals surface area contributed by atoms with Crippen molar-refractivity contribution >= 4 is 17.4 Å². The number of hydrogen-bond acceptors (Lipinski definition) is 2. The van der Waals surface area contributed by atoms with Gasteiger partial charge in [-0.1, -0.05) is 17.7 Å². The molecular weight excluding hydrogens is 186 g/mol. The number of carbonyl (C=O) groups is 1. The molecule has 0 atom stereocenters. The van der Waals surface area contributed by atoms with Crippen molar-refractivity contribution < 1.29 is 4.79 Å². The van der Waals surface area contributed by atoms with Crippen molar-refractivity contribution in [3.8, 4) is 0 Å². The number of Topliss-reactive ketones (excluding diaryl/α,β-unsaturated/α-hetero) is 1. The predicted octanol–water partition coefficient (Wildman–Crippen LogP) is 2.18. The van der Waals surface area contributed by atoms with Gasteiger partial charge >= 0.3 is 0 Å². The second kappa shape index (κ2) is 4.40. The van der Waals surface area contributed by atoms with Crippen molar-refractivity contribution in [1.29, 1.82) is 0 Å². The maximum atomic E-state index is 11.5. The van der Waals surface area contributed by atoms with Crippen molar-refractivity contribution in [2.45, 2.75) is 13.3 Å². The molecule has 1 aromatic carbocycles. The normalized spacial score (nSPS) is 10.1. The molecule has 0 aromatic heterocycles. The monoisotopic (exact) mass is 197 g/mol. The Kier molecular flexibility index (Phi) is 3.46. The van der Waals surface area contributed by atoms with E-state index in [9.17, 15) is 4.79 Å². The van der Waals surface area contributed by atoms with E-state index in [0.29, 0.717) is 23.6 Å². The molecule has 0 amide bonds. The average molecular weight is 198 g/mol. The lowest BCUT2D eigenvalue weighted by Crippen LogP contribution is -2.09. The highest BCUT2D eigenvalue weighted by Gasteiger charge is 2.07. The van der Waals surface area contributed by atoms with Crippen molar-refractivity contribution in [3.63, 3.8) is 0 Å². The van der Waals surface area contributed by atoms with Gasteiger partial charge in [-0.2, -0.15) is 0 Å². The molecule has 0 radical (unpaired) electrons. The topological polar surface area (TPSA) is 43.1 Å². The lowest BCUT2D eigenvalue weighted by atomic mass is 10.0. The van der Waals surface area contributed by atoms with Gasteiger partial charge in [-0.25, -0.2) is 0 Å². The summed E-state index contributed by atoms with van der Waals surface area (Å²) in [6.45, 7) is 2.27. The highest BCUT2D eigenvalue weighted by Crippen LogP contribution is 2.16. The molecule has 0 saturated heterocycles. The molecule has 0 bridgehead atoms. The highest BCUT2D eigenvalue weighted by atomic mass is 35.5. The van der Waals surface area contributed by atoms with E-state index < -0.39 is 0 Å². The number of aryl methyl sites for hydroxylation is 1. The zero-order chi connectivity index (χ0) is 9.84. The summed E-state index contributed by atoms with van der Waals surface area (Å²) in [5.74, 6) is 0.0579. The molecule has 0 spiro atoms. The SMILES string of the molecule is Cc1ccc(Cl)cc1C(=O)CCN. The summed E-state index contributed by atoms with van der Waals surface area (Å²) in [4.78, 5) is 11.5. The summed E-state index contributed by atoms with van der Waals surface area (Å²) in [5, 5.41) is 0.589. The second-order valence-corrected chi connectivity index (χ2v) is 3.36. The van der Waals surface area contributed by atoms with Gasteiger partial charge in [0.1, 0.15) is 0 Å². The molecule has 0 aliphatic rings. The summed E-state index contributed by atoms with van der Waals surface area (Å²) in [6, 6.07) is 5.30. The third-order valence-electron chi connectivity index (χ3n) is 1.87. The van der Waals surface area contributed by atoms with Gasteiger partial charge in [-0.05, 0) is 31.2 Å². The summed E-state index contributed by atoms with van der Waals surface area (Å²) >= 11 is 5.78. The average Bonchev–Trinajstić information content (AvgIpc) is 2.09. The fraction of sp³-hybridized carbons (Fsp3) is 0.300. The van der Waals surface area contributed by atoms with Crippen LogP contribution in [0.25, 0.3) is 0 Å². The first kappa shape index (κ1) is 10.2. The largest absolute Gasteiger partial charge is 0.330 e. The quantitative estimate of drug-likeness (QED) is 0.755. The van der Waals surface area contributed by atoms with Gasteiger partial charge in [0.2, 0.25) is 0 Å². The molecule has 0 aliphatic carbocycles. The Bertz CT molecular complexity index is 323. The Hall–Kier alpha value is -0.860. The predicted molar refractivity (Wildman–Crippen MR) is 54.2 cm³/mol. The van der Waals surface area contributed by atoms with Gasteiger partial charge in [0, 0.05) is 17.0 Å². The number of rotatable bonds is 3. The molecule has 2 nitrogen and oxygen atoms in total. The number of benzene rings is 1. The van der Waals surface area contributed by atoms with E-state index in [4.69, 9.17) is 17.3 Å². The molecule has 1 aromatic rings. The molecule has 1 rings (SSSR count). The molecule has 0 heterocycles. The highest BCUT2D eigenvalue weighted by molar-refractivity contribution is 6.31. The van der Waals surface area contributed by atoms with Gasteiger partial charge < -0.3 is 5.73 Å². The zero-order valence-electron chi connectivity index (χ0n) is 7.51. The Labute approximate surface area is 82.7 Å². The van der Waals surface area contributed by atoms with Crippen LogP contribution in [0.5, 0.6) is 0 Å². The summed E-state index contributed by atoms with van der Waals surface area (Å²) in [7, 11) is 0. The van der Waals surface area contributed by atoms with Crippen LogP contribution in [-0.2, 0) is 0 Å². The maximum absolute atomic E-state index is 11.5. The fourth-order valence-electron chi connectivity index (χ4n) is 1.16. The van der Waals surface area contributed by atoms with Crippen LogP contribution < -0.4 is 5.73 Å². The van der Waals surface area contributed by atoms with E-state index in [0.717, 1.165) is 5.56 Å². The second-order valence-electron chi connectivity index (χ2n) is 2.92. The van der Waals surface area contributed by atoms with E-state index in [1.807, 2.05) is 13.0 Å². The number of halogens is 1. The molecule has 0 fully saturated rings. The third kappa shape index (κ3) is 2.54. The summed E-state index contributed by atoms with van der Waals surface area (Å²) < 4.78 is 0. The summed E-state index contributed by atoms with van der Waals surface area (Å²) in [5.41, 5.74) is 6.93. The Morgan fingerprint density at radius 3 is 2.85 bits per heavy atom. The third-order valence-corrected chi connectivity index (χ3v) is 2.11.